The Morgan fingerprint density at radius 1 is 1.23 bits per heavy atom. The number of aromatic nitrogens is 1. The second-order valence-electron chi connectivity index (χ2n) is 8.33. The molecule has 1 aromatic carbocycles. The summed E-state index contributed by atoms with van der Waals surface area (Å²) in [4.78, 5) is 19.9. The van der Waals surface area contributed by atoms with Gasteiger partial charge in [-0.05, 0) is 56.5 Å². The van der Waals surface area contributed by atoms with Gasteiger partial charge in [0.15, 0.2) is 0 Å². The minimum Gasteiger partial charge on any atom is -0.355 e. The lowest BCUT2D eigenvalue weighted by Crippen LogP contribution is -2.39. The van der Waals surface area contributed by atoms with E-state index in [0.29, 0.717) is 24.4 Å². The molecule has 2 atom stereocenters. The topological polar surface area (TPSA) is 57.3 Å². The van der Waals surface area contributed by atoms with E-state index in [1.807, 2.05) is 25.2 Å². The van der Waals surface area contributed by atoms with Crippen LogP contribution in [0.2, 0.25) is 0 Å². The van der Waals surface area contributed by atoms with Gasteiger partial charge in [0.1, 0.15) is 11.3 Å². The van der Waals surface area contributed by atoms with E-state index in [1.54, 1.807) is 12.1 Å². The molecule has 30 heavy (non-hydrogen) atoms. The first-order chi connectivity index (χ1) is 14.4. The van der Waals surface area contributed by atoms with Crippen LogP contribution < -0.4 is 15.5 Å². The Kier molecular flexibility index (Phi) is 6.11. The van der Waals surface area contributed by atoms with Crippen LogP contribution in [-0.4, -0.2) is 48.5 Å². The average Bonchev–Trinajstić information content (AvgIpc) is 3.22. The van der Waals surface area contributed by atoms with Gasteiger partial charge in [-0.25, -0.2) is 13.8 Å². The van der Waals surface area contributed by atoms with Crippen molar-refractivity contribution in [2.24, 2.45) is 5.92 Å². The van der Waals surface area contributed by atoms with Crippen LogP contribution in [0.15, 0.2) is 30.3 Å². The molecule has 2 heterocycles. The third-order valence-corrected chi connectivity index (χ3v) is 6.79. The molecule has 1 aliphatic heterocycles. The number of fused-ring (bicyclic) bond motifs is 1. The van der Waals surface area contributed by atoms with E-state index in [1.165, 1.54) is 0 Å². The molecule has 0 bridgehead atoms. The molecule has 1 saturated carbocycles. The van der Waals surface area contributed by atoms with Crippen LogP contribution in [-0.2, 0) is 0 Å². The van der Waals surface area contributed by atoms with Gasteiger partial charge >= 0.3 is 0 Å². The number of nitrogens with zero attached hydrogens (tertiary/aromatic N) is 2. The molecule has 1 amide bonds. The lowest BCUT2D eigenvalue weighted by atomic mass is 9.86. The molecule has 162 valence electrons. The summed E-state index contributed by atoms with van der Waals surface area (Å²) in [6.45, 7) is 1.85. The number of carbonyl (C=O) groups excluding carboxylic acids is 1. The quantitative estimate of drug-likeness (QED) is 0.546. The SMILES string of the molecule is CN[C@H]1CCN(c2ccc3c(C(=O)NC(Cl)C4CCC(F)(F)CC4)cccc3n2)C1. The number of carbonyl (C=O) groups is 1. The van der Waals surface area contributed by atoms with Gasteiger partial charge < -0.3 is 15.5 Å². The van der Waals surface area contributed by atoms with Crippen LogP contribution in [0.5, 0.6) is 0 Å². The van der Waals surface area contributed by atoms with Gasteiger partial charge in [-0.3, -0.25) is 4.79 Å². The summed E-state index contributed by atoms with van der Waals surface area (Å²) in [5.41, 5.74) is 0.573. The standard InChI is InChI=1S/C22H27ClF2N4O/c1-26-15-9-12-29(13-15)19-6-5-16-17(3-2-4-18(16)27-19)21(30)28-20(23)14-7-10-22(24,25)11-8-14/h2-6,14-15,20,26H,7-13H2,1H3,(H,28,30)/t15-,20?/m0/s1. The van der Waals surface area contributed by atoms with Crippen molar-refractivity contribution in [3.8, 4) is 0 Å². The van der Waals surface area contributed by atoms with Gasteiger partial charge in [0, 0.05) is 42.9 Å². The number of hydrogen-bond acceptors (Lipinski definition) is 4. The second kappa shape index (κ2) is 8.63. The maximum atomic E-state index is 13.4. The number of halogens is 3. The first kappa shape index (κ1) is 21.2. The number of anilines is 1. The van der Waals surface area contributed by atoms with Gasteiger partial charge in [0.05, 0.1) is 5.52 Å². The van der Waals surface area contributed by atoms with Crippen LogP contribution >= 0.6 is 11.6 Å². The zero-order valence-corrected chi connectivity index (χ0v) is 17.8. The third-order valence-electron chi connectivity index (χ3n) is 6.33. The van der Waals surface area contributed by atoms with Gasteiger partial charge in [0.2, 0.25) is 5.92 Å². The number of pyridine rings is 1. The van der Waals surface area contributed by atoms with Crippen molar-refractivity contribution in [1.82, 2.24) is 15.6 Å². The summed E-state index contributed by atoms with van der Waals surface area (Å²) in [5.74, 6) is -2.16. The number of hydrogen-bond donors (Lipinski definition) is 2. The number of benzene rings is 1. The molecule has 8 heteroatoms. The Morgan fingerprint density at radius 2 is 2.00 bits per heavy atom. The zero-order valence-electron chi connectivity index (χ0n) is 17.0. The van der Waals surface area contributed by atoms with Crippen LogP contribution in [0.4, 0.5) is 14.6 Å². The fourth-order valence-corrected chi connectivity index (χ4v) is 4.75. The molecule has 2 aromatic rings. The largest absolute Gasteiger partial charge is 0.355 e. The Morgan fingerprint density at radius 3 is 2.70 bits per heavy atom. The maximum absolute atomic E-state index is 13.4. The molecule has 4 rings (SSSR count). The van der Waals surface area contributed by atoms with Gasteiger partial charge in [0.25, 0.3) is 5.91 Å². The predicted molar refractivity (Wildman–Crippen MR) is 115 cm³/mol. The maximum Gasteiger partial charge on any atom is 0.253 e. The Bertz CT molecular complexity index is 915. The summed E-state index contributed by atoms with van der Waals surface area (Å²) in [6, 6.07) is 9.76. The van der Waals surface area contributed by atoms with Crippen molar-refractivity contribution < 1.29 is 13.6 Å². The second-order valence-corrected chi connectivity index (χ2v) is 8.80. The van der Waals surface area contributed by atoms with Gasteiger partial charge in [-0.2, -0.15) is 0 Å². The van der Waals surface area contributed by atoms with Crippen molar-refractivity contribution in [3.63, 3.8) is 0 Å². The van der Waals surface area contributed by atoms with Crippen molar-refractivity contribution in [1.29, 1.82) is 0 Å². The first-order valence-electron chi connectivity index (χ1n) is 10.5. The summed E-state index contributed by atoms with van der Waals surface area (Å²) < 4.78 is 26.8. The number of likely N-dealkylation sites (N-methyl/N-ethyl adjacent to an activating group) is 1. The van der Waals surface area contributed by atoms with Crippen molar-refractivity contribution in [2.75, 3.05) is 25.0 Å². The third kappa shape index (κ3) is 4.52. The fourth-order valence-electron chi connectivity index (χ4n) is 4.40. The van der Waals surface area contributed by atoms with Gasteiger partial charge in [-0.15, -0.1) is 0 Å². The molecule has 1 aliphatic carbocycles. The highest BCUT2D eigenvalue weighted by Crippen LogP contribution is 2.38. The van der Waals surface area contributed by atoms with E-state index in [4.69, 9.17) is 16.6 Å². The Balaban J connectivity index is 1.48. The highest BCUT2D eigenvalue weighted by Gasteiger charge is 2.37. The predicted octanol–water partition coefficient (Wildman–Crippen LogP) is 4.15. The average molecular weight is 437 g/mol. The number of amides is 1. The zero-order chi connectivity index (χ0) is 21.3. The lowest BCUT2D eigenvalue weighted by Gasteiger charge is -2.31. The normalized spacial score (nSPS) is 22.9. The van der Waals surface area contributed by atoms with Crippen LogP contribution in [0, 0.1) is 5.92 Å². The van der Waals surface area contributed by atoms with Crippen molar-refractivity contribution in [3.05, 3.63) is 35.9 Å². The van der Waals surface area contributed by atoms with E-state index < -0.39 is 11.4 Å². The minimum absolute atomic E-state index is 0.148. The van der Waals surface area contributed by atoms with E-state index in [9.17, 15) is 13.6 Å². The van der Waals surface area contributed by atoms with E-state index in [-0.39, 0.29) is 24.7 Å². The molecule has 1 unspecified atom stereocenters. The summed E-state index contributed by atoms with van der Waals surface area (Å²) >= 11 is 6.38. The summed E-state index contributed by atoms with van der Waals surface area (Å²) in [5, 5.41) is 6.85. The molecule has 1 saturated heterocycles. The molecular weight excluding hydrogens is 410 g/mol. The van der Waals surface area contributed by atoms with Crippen LogP contribution in [0.3, 0.4) is 0 Å². The number of nitrogens with one attached hydrogen (secondary N) is 2. The smallest absolute Gasteiger partial charge is 0.253 e. The molecule has 2 aliphatic rings. The molecule has 2 fully saturated rings. The van der Waals surface area contributed by atoms with E-state index >= 15 is 0 Å². The molecule has 0 radical (unpaired) electrons. The first-order valence-corrected chi connectivity index (χ1v) is 10.9. The van der Waals surface area contributed by atoms with E-state index in [0.717, 1.165) is 36.2 Å². The van der Waals surface area contributed by atoms with Crippen LogP contribution in [0.1, 0.15) is 42.5 Å². The molecule has 2 N–H and O–H groups in total. The Labute approximate surface area is 180 Å². The number of rotatable bonds is 5. The summed E-state index contributed by atoms with van der Waals surface area (Å²) in [6.07, 6.45) is 1.34. The summed E-state index contributed by atoms with van der Waals surface area (Å²) in [7, 11) is 1.97. The molecule has 5 nitrogen and oxygen atoms in total. The van der Waals surface area contributed by atoms with Crippen molar-refractivity contribution >= 4 is 34.2 Å². The van der Waals surface area contributed by atoms with Gasteiger partial charge in [-0.1, -0.05) is 17.7 Å². The molecule has 1 aromatic heterocycles. The number of alkyl halides is 3. The highest BCUT2D eigenvalue weighted by atomic mass is 35.5. The van der Waals surface area contributed by atoms with E-state index in [2.05, 4.69) is 15.5 Å². The Hall–Kier alpha value is -1.99. The highest BCUT2D eigenvalue weighted by molar-refractivity contribution is 6.22. The lowest BCUT2D eigenvalue weighted by molar-refractivity contribution is -0.0465. The monoisotopic (exact) mass is 436 g/mol. The minimum atomic E-state index is -2.61. The fraction of sp³-hybridized carbons (Fsp3) is 0.545. The van der Waals surface area contributed by atoms with Crippen molar-refractivity contribution in [2.45, 2.75) is 49.6 Å². The van der Waals surface area contributed by atoms with Crippen LogP contribution in [0.25, 0.3) is 10.9 Å². The molecule has 0 spiro atoms. The molecular formula is C22H27ClF2N4O.